The molecule has 0 radical (unpaired) electrons. The van der Waals surface area contributed by atoms with Crippen LogP contribution < -0.4 is 10.6 Å². The first-order valence-electron chi connectivity index (χ1n) is 13.4. The fourth-order valence-corrected chi connectivity index (χ4v) is 7.52. The van der Waals surface area contributed by atoms with Crippen LogP contribution in [0.15, 0.2) is 48.5 Å². The molecule has 2 N–H and O–H groups in total. The number of anilines is 2. The molecule has 0 atom stereocenters. The third-order valence-electron chi connectivity index (χ3n) is 7.40. The molecule has 186 valence electrons. The molecule has 6 rings (SSSR count). The average Bonchev–Trinajstić information content (AvgIpc) is 2.93. The van der Waals surface area contributed by atoms with E-state index in [0.29, 0.717) is 0 Å². The number of aromatic nitrogens is 2. The van der Waals surface area contributed by atoms with E-state index >= 15 is 0 Å². The van der Waals surface area contributed by atoms with Crippen LogP contribution in [0.5, 0.6) is 0 Å². The van der Waals surface area contributed by atoms with Crippen molar-refractivity contribution in [1.29, 1.82) is 0 Å². The largest absolute Gasteiger partial charge is 0.383 e. The van der Waals surface area contributed by atoms with Crippen molar-refractivity contribution >= 4 is 54.8 Å². The fraction of sp³-hybridized carbons (Fsp3) is 0.400. The van der Waals surface area contributed by atoms with Gasteiger partial charge in [-0.3, -0.25) is 9.97 Å². The zero-order valence-electron chi connectivity index (χ0n) is 20.8. The van der Waals surface area contributed by atoms with Gasteiger partial charge in [-0.1, -0.05) is 58.0 Å². The SMILES string of the molecule is c1ccc2c(NCCSSCCNc3c4c(nc5ccccc35)CCCC4)c3c(nc2c1)CCCC3. The average molecular weight is 515 g/mol. The normalized spacial score (nSPS) is 15.0. The third-order valence-corrected chi connectivity index (χ3v) is 9.80. The Morgan fingerprint density at radius 1 is 0.583 bits per heavy atom. The predicted octanol–water partition coefficient (Wildman–Crippen LogP) is 7.45. The molecule has 6 heteroatoms. The molecular weight excluding hydrogens is 480 g/mol. The number of pyridine rings is 2. The van der Waals surface area contributed by atoms with Crippen LogP contribution in [0.4, 0.5) is 11.4 Å². The third kappa shape index (κ3) is 5.03. The topological polar surface area (TPSA) is 49.8 Å². The van der Waals surface area contributed by atoms with Crippen molar-refractivity contribution in [1.82, 2.24) is 9.97 Å². The maximum Gasteiger partial charge on any atom is 0.0726 e. The van der Waals surface area contributed by atoms with Gasteiger partial charge in [-0.15, -0.1) is 0 Å². The van der Waals surface area contributed by atoms with Gasteiger partial charge in [0.05, 0.1) is 11.0 Å². The van der Waals surface area contributed by atoms with Crippen LogP contribution in [0.25, 0.3) is 21.8 Å². The fourth-order valence-electron chi connectivity index (χ4n) is 5.70. The van der Waals surface area contributed by atoms with E-state index in [-0.39, 0.29) is 0 Å². The summed E-state index contributed by atoms with van der Waals surface area (Å²) in [4.78, 5) is 9.93. The number of aryl methyl sites for hydroxylation is 2. The second-order valence-electron chi connectivity index (χ2n) is 9.77. The van der Waals surface area contributed by atoms with E-state index in [0.717, 1.165) is 61.3 Å². The number of nitrogens with zero attached hydrogens (tertiary/aromatic N) is 2. The maximum atomic E-state index is 4.96. The lowest BCUT2D eigenvalue weighted by Crippen LogP contribution is -2.13. The van der Waals surface area contributed by atoms with Gasteiger partial charge < -0.3 is 10.6 Å². The highest BCUT2D eigenvalue weighted by Gasteiger charge is 2.19. The summed E-state index contributed by atoms with van der Waals surface area (Å²) in [6.45, 7) is 1.96. The Balaban J connectivity index is 1.02. The minimum absolute atomic E-state index is 0.980. The van der Waals surface area contributed by atoms with Gasteiger partial charge >= 0.3 is 0 Å². The number of rotatable bonds is 9. The molecule has 0 unspecified atom stereocenters. The highest BCUT2D eigenvalue weighted by molar-refractivity contribution is 8.76. The molecule has 4 nitrogen and oxygen atoms in total. The maximum absolute atomic E-state index is 4.96. The molecule has 2 heterocycles. The first kappa shape index (κ1) is 23.9. The van der Waals surface area contributed by atoms with Crippen molar-refractivity contribution in [3.8, 4) is 0 Å². The molecule has 2 aromatic heterocycles. The summed E-state index contributed by atoms with van der Waals surface area (Å²) in [7, 11) is 3.94. The van der Waals surface area contributed by atoms with E-state index in [4.69, 9.17) is 9.97 Å². The molecule has 2 aliphatic carbocycles. The summed E-state index contributed by atoms with van der Waals surface area (Å²) in [5.74, 6) is 2.17. The summed E-state index contributed by atoms with van der Waals surface area (Å²) in [5, 5.41) is 10.1. The lowest BCUT2D eigenvalue weighted by atomic mass is 9.92. The number of hydrogen-bond donors (Lipinski definition) is 2. The van der Waals surface area contributed by atoms with Gasteiger partial charge in [0, 0.05) is 58.1 Å². The van der Waals surface area contributed by atoms with E-state index in [1.54, 1.807) is 0 Å². The van der Waals surface area contributed by atoms with E-state index in [1.165, 1.54) is 70.3 Å². The predicted molar refractivity (Wildman–Crippen MR) is 159 cm³/mol. The first-order chi connectivity index (χ1) is 17.9. The van der Waals surface area contributed by atoms with Crippen LogP contribution in [-0.4, -0.2) is 34.6 Å². The van der Waals surface area contributed by atoms with Crippen molar-refractivity contribution in [2.24, 2.45) is 0 Å². The van der Waals surface area contributed by atoms with E-state index in [2.05, 4.69) is 59.2 Å². The van der Waals surface area contributed by atoms with Crippen molar-refractivity contribution in [2.45, 2.75) is 51.4 Å². The minimum Gasteiger partial charge on any atom is -0.383 e. The number of hydrogen-bond acceptors (Lipinski definition) is 6. The molecule has 0 fully saturated rings. The zero-order valence-corrected chi connectivity index (χ0v) is 22.4. The molecule has 4 aromatic rings. The zero-order chi connectivity index (χ0) is 24.2. The van der Waals surface area contributed by atoms with Crippen LogP contribution in [-0.2, 0) is 25.7 Å². The Morgan fingerprint density at radius 3 is 1.53 bits per heavy atom. The van der Waals surface area contributed by atoms with Crippen LogP contribution >= 0.6 is 21.6 Å². The minimum atomic E-state index is 0.980. The Morgan fingerprint density at radius 2 is 1.03 bits per heavy atom. The van der Waals surface area contributed by atoms with Gasteiger partial charge in [0.1, 0.15) is 0 Å². The lowest BCUT2D eigenvalue weighted by Gasteiger charge is -2.22. The molecular formula is C30H34N4S2. The summed E-state index contributed by atoms with van der Waals surface area (Å²) < 4.78 is 0. The number of nitrogens with one attached hydrogen (secondary N) is 2. The number of benzene rings is 2. The van der Waals surface area contributed by atoms with Gasteiger partial charge in [-0.25, -0.2) is 0 Å². The van der Waals surface area contributed by atoms with Crippen molar-refractivity contribution in [2.75, 3.05) is 35.2 Å². The van der Waals surface area contributed by atoms with Crippen LogP contribution in [0.2, 0.25) is 0 Å². The first-order valence-corrected chi connectivity index (χ1v) is 15.9. The van der Waals surface area contributed by atoms with E-state index in [9.17, 15) is 0 Å². The number of fused-ring (bicyclic) bond motifs is 4. The second-order valence-corrected chi connectivity index (χ2v) is 12.5. The smallest absolute Gasteiger partial charge is 0.0726 e. The highest BCUT2D eigenvalue weighted by Crippen LogP contribution is 2.35. The molecule has 36 heavy (non-hydrogen) atoms. The molecule has 2 aromatic carbocycles. The Hall–Kier alpha value is -2.44. The monoisotopic (exact) mass is 514 g/mol. The Kier molecular flexibility index (Phi) is 7.51. The molecule has 0 bridgehead atoms. The summed E-state index contributed by atoms with van der Waals surface area (Å²) in [6.07, 6.45) is 9.59. The Bertz CT molecular complexity index is 1270. The summed E-state index contributed by atoms with van der Waals surface area (Å²) in [6, 6.07) is 17.2. The standard InChI is InChI=1S/C30H34N4S2/c1-5-13-25-21(9-1)29(22-10-2-6-14-26(22)33-25)31-17-19-35-36-20-18-32-30-23-11-3-7-15-27(23)34-28-16-8-4-12-24(28)30/h1,3,5,7,9,11,13,15H,2,4,6,8,10,12,14,16-20H2,(H,31,33)(H,32,34). The molecule has 2 aliphatic rings. The van der Waals surface area contributed by atoms with E-state index in [1.807, 2.05) is 21.6 Å². The van der Waals surface area contributed by atoms with Crippen LogP contribution in [0.3, 0.4) is 0 Å². The Labute approximate surface area is 221 Å². The molecule has 0 amide bonds. The van der Waals surface area contributed by atoms with E-state index < -0.39 is 0 Å². The van der Waals surface area contributed by atoms with Crippen LogP contribution in [0, 0.1) is 0 Å². The van der Waals surface area contributed by atoms with Gasteiger partial charge in [-0.2, -0.15) is 0 Å². The van der Waals surface area contributed by atoms with Crippen molar-refractivity contribution < 1.29 is 0 Å². The van der Waals surface area contributed by atoms with Crippen molar-refractivity contribution in [3.05, 3.63) is 71.0 Å². The molecule has 0 saturated carbocycles. The molecule has 0 saturated heterocycles. The summed E-state index contributed by atoms with van der Waals surface area (Å²) >= 11 is 0. The quantitative estimate of drug-likeness (QED) is 0.179. The highest BCUT2D eigenvalue weighted by atomic mass is 33.1. The van der Waals surface area contributed by atoms with Gasteiger partial charge in [-0.05, 0) is 74.6 Å². The van der Waals surface area contributed by atoms with Gasteiger partial charge in [0.25, 0.3) is 0 Å². The number of para-hydroxylation sites is 2. The van der Waals surface area contributed by atoms with Gasteiger partial charge in [0.15, 0.2) is 0 Å². The van der Waals surface area contributed by atoms with Gasteiger partial charge in [0.2, 0.25) is 0 Å². The summed E-state index contributed by atoms with van der Waals surface area (Å²) in [5.41, 5.74) is 10.4. The van der Waals surface area contributed by atoms with Crippen molar-refractivity contribution in [3.63, 3.8) is 0 Å². The molecule has 0 aliphatic heterocycles. The van der Waals surface area contributed by atoms with Crippen LogP contribution in [0.1, 0.15) is 48.2 Å². The lowest BCUT2D eigenvalue weighted by molar-refractivity contribution is 0.672. The molecule has 0 spiro atoms. The second kappa shape index (κ2) is 11.3.